The van der Waals surface area contributed by atoms with Crippen LogP contribution in [-0.2, 0) is 20.8 Å². The van der Waals surface area contributed by atoms with Gasteiger partial charge in [-0.2, -0.15) is 0 Å². The van der Waals surface area contributed by atoms with Crippen LogP contribution in [0.4, 0.5) is 0 Å². The molecule has 2 atom stereocenters. The fraction of sp³-hybridized carbons (Fsp3) is 0.562. The highest BCUT2D eigenvalue weighted by atomic mass is 16.6. The van der Waals surface area contributed by atoms with Crippen LogP contribution < -0.4 is 5.32 Å². The molecule has 1 N–H and O–H groups in total. The Balaban J connectivity index is 2.70. The Morgan fingerprint density at radius 2 is 1.85 bits per heavy atom. The number of nitrogens with one attached hydrogen (secondary N) is 1. The lowest BCUT2D eigenvalue weighted by Crippen LogP contribution is -2.46. The summed E-state index contributed by atoms with van der Waals surface area (Å²) >= 11 is 0. The smallest absolute Gasteiger partial charge is 0.336 e. The van der Waals surface area contributed by atoms with Gasteiger partial charge in [0.25, 0.3) is 0 Å². The SMILES string of the molecule is COC(=O)[C@H](OC)[C@H](CC(C)C)NCc1ccccc1. The maximum absolute atomic E-state index is 11.8. The zero-order valence-corrected chi connectivity index (χ0v) is 12.8. The summed E-state index contributed by atoms with van der Waals surface area (Å²) in [6.07, 6.45) is 0.270. The van der Waals surface area contributed by atoms with E-state index in [1.165, 1.54) is 12.7 Å². The number of ether oxygens (including phenoxy) is 2. The van der Waals surface area contributed by atoms with Gasteiger partial charge in [-0.15, -0.1) is 0 Å². The molecule has 0 radical (unpaired) electrons. The zero-order valence-electron chi connectivity index (χ0n) is 12.8. The average Bonchev–Trinajstić information content (AvgIpc) is 2.45. The van der Waals surface area contributed by atoms with Crippen molar-refractivity contribution in [2.75, 3.05) is 14.2 Å². The Hall–Kier alpha value is -1.39. The van der Waals surface area contributed by atoms with Crippen molar-refractivity contribution < 1.29 is 14.3 Å². The highest BCUT2D eigenvalue weighted by Crippen LogP contribution is 2.13. The molecule has 20 heavy (non-hydrogen) atoms. The Labute approximate surface area is 121 Å². The van der Waals surface area contributed by atoms with Crippen molar-refractivity contribution in [2.24, 2.45) is 5.92 Å². The molecule has 0 bridgehead atoms. The van der Waals surface area contributed by atoms with Crippen molar-refractivity contribution >= 4 is 5.97 Å². The normalized spacial score (nSPS) is 14.1. The molecule has 0 saturated heterocycles. The number of hydrogen-bond acceptors (Lipinski definition) is 4. The van der Waals surface area contributed by atoms with E-state index >= 15 is 0 Å². The summed E-state index contributed by atoms with van der Waals surface area (Å²) in [4.78, 5) is 11.8. The summed E-state index contributed by atoms with van der Waals surface area (Å²) in [6, 6.07) is 10.0. The quantitative estimate of drug-likeness (QED) is 0.742. The van der Waals surface area contributed by atoms with Gasteiger partial charge >= 0.3 is 5.97 Å². The molecule has 0 fully saturated rings. The van der Waals surface area contributed by atoms with Crippen LogP contribution in [-0.4, -0.2) is 32.3 Å². The third-order valence-corrected chi connectivity index (χ3v) is 3.19. The van der Waals surface area contributed by atoms with Crippen LogP contribution in [0.25, 0.3) is 0 Å². The van der Waals surface area contributed by atoms with E-state index in [1.54, 1.807) is 7.11 Å². The second-order valence-corrected chi connectivity index (χ2v) is 5.28. The first-order valence-corrected chi connectivity index (χ1v) is 6.96. The molecule has 0 spiro atoms. The van der Waals surface area contributed by atoms with Gasteiger partial charge in [-0.05, 0) is 17.9 Å². The minimum absolute atomic E-state index is 0.0624. The van der Waals surface area contributed by atoms with Crippen molar-refractivity contribution in [1.29, 1.82) is 0 Å². The van der Waals surface area contributed by atoms with E-state index in [-0.39, 0.29) is 12.0 Å². The van der Waals surface area contributed by atoms with Gasteiger partial charge in [0.05, 0.1) is 7.11 Å². The summed E-state index contributed by atoms with van der Waals surface area (Å²) in [5.74, 6) is 0.129. The lowest BCUT2D eigenvalue weighted by Gasteiger charge is -2.26. The van der Waals surface area contributed by atoms with Crippen LogP contribution in [0.5, 0.6) is 0 Å². The third-order valence-electron chi connectivity index (χ3n) is 3.19. The van der Waals surface area contributed by atoms with Crippen LogP contribution in [0, 0.1) is 5.92 Å². The molecule has 0 aliphatic rings. The monoisotopic (exact) mass is 279 g/mol. The van der Waals surface area contributed by atoms with E-state index in [1.807, 2.05) is 18.2 Å². The fourth-order valence-electron chi connectivity index (χ4n) is 2.21. The topological polar surface area (TPSA) is 47.6 Å². The average molecular weight is 279 g/mol. The number of carbonyl (C=O) groups excluding carboxylic acids is 1. The third kappa shape index (κ3) is 5.31. The van der Waals surface area contributed by atoms with Gasteiger partial charge in [0, 0.05) is 19.7 Å². The number of esters is 1. The summed E-state index contributed by atoms with van der Waals surface area (Å²) in [5, 5.41) is 3.41. The van der Waals surface area contributed by atoms with Gasteiger partial charge in [-0.1, -0.05) is 44.2 Å². The van der Waals surface area contributed by atoms with E-state index in [9.17, 15) is 4.79 Å². The molecule has 1 aromatic rings. The highest BCUT2D eigenvalue weighted by Gasteiger charge is 2.29. The van der Waals surface area contributed by atoms with Gasteiger partial charge in [-0.3, -0.25) is 0 Å². The highest BCUT2D eigenvalue weighted by molar-refractivity contribution is 5.75. The number of benzene rings is 1. The van der Waals surface area contributed by atoms with Crippen molar-refractivity contribution in [3.05, 3.63) is 35.9 Å². The Morgan fingerprint density at radius 1 is 1.20 bits per heavy atom. The van der Waals surface area contributed by atoms with Crippen LogP contribution >= 0.6 is 0 Å². The molecular weight excluding hydrogens is 254 g/mol. The van der Waals surface area contributed by atoms with Gasteiger partial charge < -0.3 is 14.8 Å². The minimum atomic E-state index is -0.578. The van der Waals surface area contributed by atoms with E-state index in [0.717, 1.165) is 6.42 Å². The number of rotatable bonds is 8. The van der Waals surface area contributed by atoms with Crippen molar-refractivity contribution in [3.63, 3.8) is 0 Å². The molecule has 4 nitrogen and oxygen atoms in total. The minimum Gasteiger partial charge on any atom is -0.467 e. The van der Waals surface area contributed by atoms with Gasteiger partial charge in [-0.25, -0.2) is 4.79 Å². The Morgan fingerprint density at radius 3 is 2.35 bits per heavy atom. The van der Waals surface area contributed by atoms with Crippen molar-refractivity contribution in [1.82, 2.24) is 5.32 Å². The van der Waals surface area contributed by atoms with E-state index in [4.69, 9.17) is 9.47 Å². The Kier molecular flexibility index (Phi) is 7.26. The predicted octanol–water partition coefficient (Wildman–Crippen LogP) is 2.38. The van der Waals surface area contributed by atoms with Crippen LogP contribution in [0.2, 0.25) is 0 Å². The van der Waals surface area contributed by atoms with Crippen LogP contribution in [0.15, 0.2) is 30.3 Å². The van der Waals surface area contributed by atoms with Gasteiger partial charge in [0.2, 0.25) is 0 Å². The second kappa shape index (κ2) is 8.72. The van der Waals surface area contributed by atoms with E-state index < -0.39 is 6.10 Å². The van der Waals surface area contributed by atoms with Gasteiger partial charge in [0.1, 0.15) is 0 Å². The summed E-state index contributed by atoms with van der Waals surface area (Å²) in [6.45, 7) is 4.96. The molecule has 4 heteroatoms. The maximum atomic E-state index is 11.8. The summed E-state index contributed by atoms with van der Waals surface area (Å²) in [5.41, 5.74) is 1.18. The van der Waals surface area contributed by atoms with Crippen LogP contribution in [0.1, 0.15) is 25.8 Å². The molecule has 1 aromatic carbocycles. The standard InChI is InChI=1S/C16H25NO3/c1-12(2)10-14(15(19-3)16(18)20-4)17-11-13-8-6-5-7-9-13/h5-9,12,14-15,17H,10-11H2,1-4H3/t14-,15+/m0/s1. The lowest BCUT2D eigenvalue weighted by molar-refractivity contribution is -0.154. The van der Waals surface area contributed by atoms with Gasteiger partial charge in [0.15, 0.2) is 6.10 Å². The predicted molar refractivity (Wildman–Crippen MR) is 79.3 cm³/mol. The molecule has 0 aliphatic heterocycles. The molecule has 0 aliphatic carbocycles. The second-order valence-electron chi connectivity index (χ2n) is 5.28. The summed E-state index contributed by atoms with van der Waals surface area (Å²) < 4.78 is 10.1. The number of methoxy groups -OCH3 is 2. The molecule has 0 amide bonds. The first kappa shape index (κ1) is 16.7. The first-order valence-electron chi connectivity index (χ1n) is 6.96. The first-order chi connectivity index (χ1) is 9.58. The van der Waals surface area contributed by atoms with Crippen LogP contribution in [0.3, 0.4) is 0 Å². The molecular formula is C16H25NO3. The van der Waals surface area contributed by atoms with Crippen molar-refractivity contribution in [3.8, 4) is 0 Å². The largest absolute Gasteiger partial charge is 0.467 e. The molecule has 0 aromatic heterocycles. The molecule has 1 rings (SSSR count). The lowest BCUT2D eigenvalue weighted by atomic mass is 9.98. The molecule has 112 valence electrons. The maximum Gasteiger partial charge on any atom is 0.336 e. The number of hydrogen-bond donors (Lipinski definition) is 1. The van der Waals surface area contributed by atoms with E-state index in [0.29, 0.717) is 12.5 Å². The van der Waals surface area contributed by atoms with Crippen molar-refractivity contribution in [2.45, 2.75) is 39.0 Å². The zero-order chi connectivity index (χ0) is 15.0. The molecule has 0 unspecified atom stereocenters. The Bertz CT molecular complexity index is 392. The van der Waals surface area contributed by atoms with E-state index in [2.05, 4.69) is 31.3 Å². The summed E-state index contributed by atoms with van der Waals surface area (Å²) in [7, 11) is 2.93. The molecule has 0 saturated carbocycles. The molecule has 0 heterocycles. The fourth-order valence-corrected chi connectivity index (χ4v) is 2.21. The number of carbonyl (C=O) groups is 1.